The van der Waals surface area contributed by atoms with Crippen LogP contribution >= 0.6 is 0 Å². The van der Waals surface area contributed by atoms with Crippen molar-refractivity contribution < 1.29 is 77.2 Å². The minimum absolute atomic E-state index is 0. The molecule has 16 nitrogen and oxygen atoms in total. The molecule has 8 N–H and O–H groups in total. The first-order chi connectivity index (χ1) is 22.9. The second-order valence-electron chi connectivity index (χ2n) is 10.0. The summed E-state index contributed by atoms with van der Waals surface area (Å²) in [7, 11) is 0. The zero-order chi connectivity index (χ0) is 34.5. The molecule has 0 saturated heterocycles. The number of anilines is 2. The molecular formula is C32H24CrN8NaO8+. The van der Waals surface area contributed by atoms with Gasteiger partial charge in [-0.1, -0.05) is 36.4 Å². The number of nitrogens with two attached hydrogens (primary N) is 2. The topological polar surface area (TPSA) is 269 Å². The summed E-state index contributed by atoms with van der Waals surface area (Å²) < 4.78 is 0. The standard InChI is InChI=1S/2C16H12N4O4.Cr.Na/c2*17-11-3-1-2-9-4-7-13(21)16(15(9)11)19-18-12-6-5-10(20(23)24)8-14(12)22;;/h2*1-8,21-22H,17H2;;/q;;;+1. The van der Waals surface area contributed by atoms with Gasteiger partial charge in [-0.25, -0.2) is 0 Å². The number of hydrogen-bond acceptors (Lipinski definition) is 14. The van der Waals surface area contributed by atoms with Gasteiger partial charge >= 0.3 is 29.6 Å². The average molecular weight is 724 g/mol. The molecule has 0 aliphatic heterocycles. The van der Waals surface area contributed by atoms with E-state index in [1.165, 1.54) is 36.4 Å². The SMILES string of the molecule is Nc1cccc2ccc(O)c(N=Nc3ccc([N+](=O)[O-])cc3O)c12.Nc1cccc2ccc(O)c(N=Nc3ccc([N+](=O)[O-])cc3O)c12.[Cr].[Na+]. The van der Waals surface area contributed by atoms with Crippen molar-refractivity contribution in [2.75, 3.05) is 11.5 Å². The van der Waals surface area contributed by atoms with Crippen LogP contribution in [0.1, 0.15) is 0 Å². The molecule has 6 aromatic rings. The summed E-state index contributed by atoms with van der Waals surface area (Å²) >= 11 is 0. The van der Waals surface area contributed by atoms with Gasteiger partial charge in [0.25, 0.3) is 11.4 Å². The van der Waals surface area contributed by atoms with E-state index >= 15 is 0 Å². The third-order valence-corrected chi connectivity index (χ3v) is 6.91. The molecule has 246 valence electrons. The third kappa shape index (κ3) is 8.41. The van der Waals surface area contributed by atoms with Crippen molar-refractivity contribution in [3.63, 3.8) is 0 Å². The Morgan fingerprint density at radius 3 is 1.24 bits per heavy atom. The number of fused-ring (bicyclic) bond motifs is 2. The number of nitrogen functional groups attached to an aromatic ring is 2. The van der Waals surface area contributed by atoms with Crippen molar-refractivity contribution in [2.24, 2.45) is 20.5 Å². The molecule has 0 unspecified atom stereocenters. The third-order valence-electron chi connectivity index (χ3n) is 6.91. The van der Waals surface area contributed by atoms with Gasteiger partial charge in [0.15, 0.2) is 0 Å². The number of nitro benzene ring substituents is 2. The first-order valence-corrected chi connectivity index (χ1v) is 13.7. The molecule has 6 rings (SSSR count). The molecule has 0 spiro atoms. The minimum atomic E-state index is -0.627. The normalized spacial score (nSPS) is 10.7. The van der Waals surface area contributed by atoms with Crippen LogP contribution in [0.15, 0.2) is 118 Å². The summed E-state index contributed by atoms with van der Waals surface area (Å²) in [5, 5.41) is 79.3. The van der Waals surface area contributed by atoms with E-state index in [9.17, 15) is 40.7 Å². The van der Waals surface area contributed by atoms with Crippen molar-refractivity contribution >= 4 is 67.0 Å². The van der Waals surface area contributed by atoms with Crippen LogP contribution in [-0.4, -0.2) is 30.3 Å². The van der Waals surface area contributed by atoms with E-state index in [2.05, 4.69) is 20.5 Å². The molecule has 0 saturated carbocycles. The fourth-order valence-corrected chi connectivity index (χ4v) is 4.58. The van der Waals surface area contributed by atoms with Crippen LogP contribution in [0.5, 0.6) is 23.0 Å². The quantitative estimate of drug-likeness (QED) is 0.0423. The van der Waals surface area contributed by atoms with Crippen LogP contribution in [0.3, 0.4) is 0 Å². The van der Waals surface area contributed by atoms with E-state index in [1.807, 2.05) is 12.1 Å². The fourth-order valence-electron chi connectivity index (χ4n) is 4.58. The number of phenols is 4. The summed E-state index contributed by atoms with van der Waals surface area (Å²) in [5.41, 5.74) is 12.6. The monoisotopic (exact) mass is 723 g/mol. The van der Waals surface area contributed by atoms with Crippen molar-refractivity contribution in [1.29, 1.82) is 0 Å². The largest absolute Gasteiger partial charge is 1.00 e. The van der Waals surface area contributed by atoms with Crippen LogP contribution in [0, 0.1) is 20.2 Å². The number of nitrogens with zero attached hydrogens (tertiary/aromatic N) is 6. The van der Waals surface area contributed by atoms with E-state index in [0.29, 0.717) is 22.1 Å². The Morgan fingerprint density at radius 1 is 0.520 bits per heavy atom. The smallest absolute Gasteiger partial charge is 0.506 e. The van der Waals surface area contributed by atoms with Crippen LogP contribution in [0.25, 0.3) is 21.5 Å². The first-order valence-electron chi connectivity index (χ1n) is 13.7. The molecule has 6 aromatic carbocycles. The van der Waals surface area contributed by atoms with E-state index in [1.54, 1.807) is 36.4 Å². The van der Waals surface area contributed by atoms with Gasteiger partial charge in [-0.2, -0.15) is 0 Å². The van der Waals surface area contributed by atoms with Gasteiger partial charge in [-0.3, -0.25) is 20.2 Å². The second-order valence-corrected chi connectivity index (χ2v) is 10.0. The summed E-state index contributed by atoms with van der Waals surface area (Å²) in [6, 6.07) is 23.7. The van der Waals surface area contributed by atoms with Gasteiger partial charge < -0.3 is 31.9 Å². The molecule has 0 aliphatic carbocycles. The van der Waals surface area contributed by atoms with E-state index in [4.69, 9.17) is 11.5 Å². The number of non-ortho nitro benzene ring substituents is 2. The van der Waals surface area contributed by atoms with Crippen molar-refractivity contribution in [2.45, 2.75) is 0 Å². The Morgan fingerprint density at radius 2 is 0.900 bits per heavy atom. The number of hydrogen-bond donors (Lipinski definition) is 6. The number of benzene rings is 6. The number of rotatable bonds is 6. The zero-order valence-electron chi connectivity index (χ0n) is 25.9. The molecule has 50 heavy (non-hydrogen) atoms. The van der Waals surface area contributed by atoms with E-state index in [0.717, 1.165) is 22.9 Å². The maximum atomic E-state index is 10.7. The summed E-state index contributed by atoms with van der Waals surface area (Å²) in [6.07, 6.45) is 0. The van der Waals surface area contributed by atoms with Crippen LogP contribution in [0.2, 0.25) is 0 Å². The maximum Gasteiger partial charge on any atom is 1.00 e. The van der Waals surface area contributed by atoms with Crippen molar-refractivity contribution in [3.05, 3.63) is 117 Å². The van der Waals surface area contributed by atoms with Gasteiger partial charge in [0.05, 0.1) is 22.0 Å². The number of phenolic OH excluding ortho intramolecular Hbond substituents is 4. The Hall–Kier alpha value is -5.83. The molecule has 0 amide bonds. The molecule has 0 atom stereocenters. The van der Waals surface area contributed by atoms with E-state index < -0.39 is 9.85 Å². The van der Waals surface area contributed by atoms with Gasteiger partial charge in [0.1, 0.15) is 45.7 Å². The van der Waals surface area contributed by atoms with Crippen LogP contribution in [0.4, 0.5) is 45.5 Å². The Balaban J connectivity index is 0.000000260. The molecule has 0 heterocycles. The molecule has 0 aliphatic rings. The van der Waals surface area contributed by atoms with Gasteiger partial charge in [0.2, 0.25) is 0 Å². The van der Waals surface area contributed by atoms with Gasteiger partial charge in [-0.15, -0.1) is 20.5 Å². The summed E-state index contributed by atoms with van der Waals surface area (Å²) in [4.78, 5) is 20.1. The molecule has 0 bridgehead atoms. The Kier molecular flexibility index (Phi) is 12.8. The fraction of sp³-hybridized carbons (Fsp3) is 0. The van der Waals surface area contributed by atoms with Crippen LogP contribution < -0.4 is 41.0 Å². The second kappa shape index (κ2) is 16.5. The average Bonchev–Trinajstić information content (AvgIpc) is 3.05. The molecule has 0 fully saturated rings. The van der Waals surface area contributed by atoms with Gasteiger partial charge in [-0.05, 0) is 47.2 Å². The first kappa shape index (κ1) is 38.6. The molecular weight excluding hydrogens is 699 g/mol. The maximum absolute atomic E-state index is 10.7. The molecule has 18 heteroatoms. The van der Waals surface area contributed by atoms with Crippen molar-refractivity contribution in [3.8, 4) is 23.0 Å². The van der Waals surface area contributed by atoms with Crippen molar-refractivity contribution in [1.82, 2.24) is 0 Å². The Labute approximate surface area is 314 Å². The van der Waals surface area contributed by atoms with Crippen LogP contribution in [-0.2, 0) is 17.4 Å². The zero-order valence-corrected chi connectivity index (χ0v) is 29.2. The van der Waals surface area contributed by atoms with Gasteiger partial charge in [0, 0.05) is 51.6 Å². The molecule has 0 aromatic heterocycles. The number of azo groups is 2. The predicted octanol–water partition coefficient (Wildman–Crippen LogP) is 5.32. The predicted molar refractivity (Wildman–Crippen MR) is 178 cm³/mol. The molecule has 0 radical (unpaired) electrons. The summed E-state index contributed by atoms with van der Waals surface area (Å²) in [6.45, 7) is 0. The Bertz CT molecular complexity index is 2150. The number of nitro groups is 2. The summed E-state index contributed by atoms with van der Waals surface area (Å²) in [5.74, 6) is -1.02. The number of aromatic hydroxyl groups is 4. The van der Waals surface area contributed by atoms with E-state index in [-0.39, 0.29) is 104 Å². The minimum Gasteiger partial charge on any atom is -0.506 e.